The van der Waals surface area contributed by atoms with Gasteiger partial charge in [-0.1, -0.05) is 17.7 Å². The fourth-order valence-corrected chi connectivity index (χ4v) is 1.68. The molecule has 0 fully saturated rings. The van der Waals surface area contributed by atoms with Crippen LogP contribution in [0.5, 0.6) is 0 Å². The summed E-state index contributed by atoms with van der Waals surface area (Å²) in [6, 6.07) is 2.99. The average molecular weight is 283 g/mol. The number of esters is 1. The summed E-state index contributed by atoms with van der Waals surface area (Å²) in [7, 11) is 0. The summed E-state index contributed by atoms with van der Waals surface area (Å²) >= 11 is 5.61. The smallest absolute Gasteiger partial charge is 0.416 e. The number of benzene rings is 1. The third-order valence-corrected chi connectivity index (χ3v) is 2.47. The molecule has 3 nitrogen and oxygen atoms in total. The lowest BCUT2D eigenvalue weighted by atomic mass is 10.0. The van der Waals surface area contributed by atoms with Gasteiger partial charge in [0, 0.05) is 10.6 Å². The molecule has 1 N–H and O–H groups in total. The maximum absolute atomic E-state index is 12.7. The van der Waals surface area contributed by atoms with E-state index in [-0.39, 0.29) is 11.6 Å². The summed E-state index contributed by atoms with van der Waals surface area (Å²) in [5.74, 6) is -1.17. The molecule has 0 aliphatic heterocycles. The number of halogens is 4. The number of carbonyl (C=O) groups is 1. The maximum atomic E-state index is 12.7. The third-order valence-electron chi connectivity index (χ3n) is 2.14. The zero-order valence-electron chi connectivity index (χ0n) is 9.29. The highest BCUT2D eigenvalue weighted by atomic mass is 35.5. The minimum Gasteiger partial charge on any atom is -0.464 e. The van der Waals surface area contributed by atoms with E-state index >= 15 is 0 Å². The molecule has 7 heteroatoms. The second kappa shape index (κ2) is 5.58. The zero-order chi connectivity index (χ0) is 13.9. The molecule has 0 saturated heterocycles. The number of rotatable bonds is 3. The van der Waals surface area contributed by atoms with Crippen LogP contribution in [-0.4, -0.2) is 17.7 Å². The highest BCUT2D eigenvalue weighted by Gasteiger charge is 2.38. The molecule has 0 bridgehead atoms. The van der Waals surface area contributed by atoms with Crippen LogP contribution >= 0.6 is 11.6 Å². The number of ether oxygens (including phenoxy) is 1. The standard InChI is InChI=1S/C11H10ClF3O3/c1-2-18-10(17)9(16)8-6(11(13,14)15)4-3-5-7(8)12/h3-5,9,16H,2H2,1H3. The first kappa shape index (κ1) is 14.8. The normalized spacial score (nSPS) is 13.2. The number of hydrogen-bond donors (Lipinski definition) is 1. The molecule has 1 atom stereocenters. The zero-order valence-corrected chi connectivity index (χ0v) is 10.0. The van der Waals surface area contributed by atoms with Crippen molar-refractivity contribution in [2.75, 3.05) is 6.61 Å². The van der Waals surface area contributed by atoms with Crippen molar-refractivity contribution >= 4 is 17.6 Å². The summed E-state index contributed by atoms with van der Waals surface area (Å²) in [5.41, 5.74) is -1.85. The molecular formula is C11H10ClF3O3. The lowest BCUT2D eigenvalue weighted by Crippen LogP contribution is -2.20. The van der Waals surface area contributed by atoms with Crippen molar-refractivity contribution < 1.29 is 27.8 Å². The molecule has 0 aliphatic carbocycles. The fraction of sp³-hybridized carbons (Fsp3) is 0.364. The SMILES string of the molecule is CCOC(=O)C(O)c1c(Cl)cccc1C(F)(F)F. The van der Waals surface area contributed by atoms with Gasteiger partial charge in [0.25, 0.3) is 0 Å². The van der Waals surface area contributed by atoms with Gasteiger partial charge in [-0.25, -0.2) is 4.79 Å². The van der Waals surface area contributed by atoms with Gasteiger partial charge in [0.1, 0.15) is 0 Å². The summed E-state index contributed by atoms with van der Waals surface area (Å²) in [6.07, 6.45) is -6.77. The van der Waals surface area contributed by atoms with Crippen molar-refractivity contribution in [3.05, 3.63) is 34.3 Å². The van der Waals surface area contributed by atoms with Gasteiger partial charge in [-0.2, -0.15) is 13.2 Å². The van der Waals surface area contributed by atoms with Crippen molar-refractivity contribution in [3.63, 3.8) is 0 Å². The average Bonchev–Trinajstić information content (AvgIpc) is 2.27. The van der Waals surface area contributed by atoms with Crippen LogP contribution in [-0.2, 0) is 15.7 Å². The van der Waals surface area contributed by atoms with Crippen LogP contribution in [0.4, 0.5) is 13.2 Å². The maximum Gasteiger partial charge on any atom is 0.416 e. The topological polar surface area (TPSA) is 46.5 Å². The van der Waals surface area contributed by atoms with Crippen molar-refractivity contribution in [1.29, 1.82) is 0 Å². The van der Waals surface area contributed by atoms with Crippen LogP contribution in [0.15, 0.2) is 18.2 Å². The van der Waals surface area contributed by atoms with E-state index in [2.05, 4.69) is 4.74 Å². The van der Waals surface area contributed by atoms with Crippen molar-refractivity contribution in [1.82, 2.24) is 0 Å². The lowest BCUT2D eigenvalue weighted by molar-refractivity contribution is -0.154. The molecule has 0 aliphatic rings. The van der Waals surface area contributed by atoms with Gasteiger partial charge in [0.05, 0.1) is 12.2 Å². The monoisotopic (exact) mass is 282 g/mol. The fourth-order valence-electron chi connectivity index (χ4n) is 1.40. The van der Waals surface area contributed by atoms with Crippen LogP contribution in [0.1, 0.15) is 24.2 Å². The molecule has 1 aromatic carbocycles. The van der Waals surface area contributed by atoms with E-state index < -0.39 is 29.4 Å². The van der Waals surface area contributed by atoms with E-state index in [1.807, 2.05) is 0 Å². The lowest BCUT2D eigenvalue weighted by Gasteiger charge is -2.17. The predicted molar refractivity (Wildman–Crippen MR) is 58.0 cm³/mol. The van der Waals surface area contributed by atoms with Crippen molar-refractivity contribution in [2.45, 2.75) is 19.2 Å². The Labute approximate surface area is 106 Å². The number of aliphatic hydroxyl groups excluding tert-OH is 1. The van der Waals surface area contributed by atoms with Gasteiger partial charge in [0.2, 0.25) is 0 Å². The van der Waals surface area contributed by atoms with Crippen molar-refractivity contribution in [3.8, 4) is 0 Å². The Balaban J connectivity index is 3.26. The molecule has 0 radical (unpaired) electrons. The summed E-state index contributed by atoms with van der Waals surface area (Å²) in [5, 5.41) is 9.24. The molecule has 0 amide bonds. The second-order valence-corrected chi connectivity index (χ2v) is 3.76. The molecule has 1 rings (SSSR count). The van der Waals surface area contributed by atoms with Gasteiger partial charge in [-0.3, -0.25) is 0 Å². The number of aliphatic hydroxyl groups is 1. The Morgan fingerprint density at radius 1 is 1.50 bits per heavy atom. The van der Waals surface area contributed by atoms with Gasteiger partial charge in [-0.05, 0) is 19.1 Å². The molecule has 100 valence electrons. The third kappa shape index (κ3) is 3.14. The van der Waals surface area contributed by atoms with Crippen LogP contribution in [0.2, 0.25) is 5.02 Å². The molecule has 0 aromatic heterocycles. The molecule has 1 unspecified atom stereocenters. The molecule has 1 aromatic rings. The van der Waals surface area contributed by atoms with E-state index in [1.54, 1.807) is 0 Å². The van der Waals surface area contributed by atoms with Gasteiger partial charge in [-0.15, -0.1) is 0 Å². The van der Waals surface area contributed by atoms with Crippen LogP contribution in [0.3, 0.4) is 0 Å². The number of carbonyl (C=O) groups excluding carboxylic acids is 1. The molecule has 0 saturated carbocycles. The summed E-state index contributed by atoms with van der Waals surface area (Å²) < 4.78 is 42.6. The Morgan fingerprint density at radius 2 is 2.11 bits per heavy atom. The predicted octanol–water partition coefficient (Wildman–Crippen LogP) is 2.96. The Bertz CT molecular complexity index is 446. The van der Waals surface area contributed by atoms with Crippen LogP contribution in [0, 0.1) is 0 Å². The highest BCUT2D eigenvalue weighted by molar-refractivity contribution is 6.31. The van der Waals surface area contributed by atoms with Crippen LogP contribution in [0.25, 0.3) is 0 Å². The van der Waals surface area contributed by atoms with E-state index in [1.165, 1.54) is 6.92 Å². The minimum atomic E-state index is -4.71. The van der Waals surface area contributed by atoms with Gasteiger partial charge < -0.3 is 9.84 Å². The summed E-state index contributed by atoms with van der Waals surface area (Å²) in [4.78, 5) is 11.3. The molecular weight excluding hydrogens is 273 g/mol. The first-order valence-corrected chi connectivity index (χ1v) is 5.37. The second-order valence-electron chi connectivity index (χ2n) is 3.35. The highest BCUT2D eigenvalue weighted by Crippen LogP contribution is 2.38. The minimum absolute atomic E-state index is 0.0539. The van der Waals surface area contributed by atoms with E-state index in [0.29, 0.717) is 0 Å². The van der Waals surface area contributed by atoms with Crippen molar-refractivity contribution in [2.24, 2.45) is 0 Å². The number of hydrogen-bond acceptors (Lipinski definition) is 3. The Hall–Kier alpha value is -1.27. The Morgan fingerprint density at radius 3 is 2.61 bits per heavy atom. The van der Waals surface area contributed by atoms with E-state index in [9.17, 15) is 23.1 Å². The molecule has 0 heterocycles. The molecule has 18 heavy (non-hydrogen) atoms. The van der Waals surface area contributed by atoms with Gasteiger partial charge in [0.15, 0.2) is 6.10 Å². The van der Waals surface area contributed by atoms with Gasteiger partial charge >= 0.3 is 12.1 Å². The first-order chi connectivity index (χ1) is 8.29. The Kier molecular flexibility index (Phi) is 4.59. The van der Waals surface area contributed by atoms with E-state index in [4.69, 9.17) is 11.6 Å². The number of alkyl halides is 3. The quantitative estimate of drug-likeness (QED) is 0.867. The van der Waals surface area contributed by atoms with E-state index in [0.717, 1.165) is 18.2 Å². The first-order valence-electron chi connectivity index (χ1n) is 4.99. The van der Waals surface area contributed by atoms with Crippen LogP contribution < -0.4 is 0 Å². The summed E-state index contributed by atoms with van der Waals surface area (Å²) in [6.45, 7) is 1.42. The molecule has 0 spiro atoms. The largest absolute Gasteiger partial charge is 0.464 e.